The van der Waals surface area contributed by atoms with Crippen molar-refractivity contribution in [3.63, 3.8) is 0 Å². The predicted molar refractivity (Wildman–Crippen MR) is 84.3 cm³/mol. The van der Waals surface area contributed by atoms with Gasteiger partial charge in [0.15, 0.2) is 0 Å². The summed E-state index contributed by atoms with van der Waals surface area (Å²) in [5, 5.41) is 8.76. The Kier molecular flexibility index (Phi) is 5.72. The first-order valence-electron chi connectivity index (χ1n) is 7.37. The highest BCUT2D eigenvalue weighted by molar-refractivity contribution is 7.89. The molecule has 1 aromatic carbocycles. The van der Waals surface area contributed by atoms with Gasteiger partial charge in [-0.1, -0.05) is 12.1 Å². The number of alkyl halides is 6. The molecule has 150 valence electrons. The van der Waals surface area contributed by atoms with Crippen LogP contribution in [0.2, 0.25) is 0 Å². The van der Waals surface area contributed by atoms with Crippen molar-refractivity contribution >= 4 is 10.0 Å². The first-order valence-corrected chi connectivity index (χ1v) is 8.86. The van der Waals surface area contributed by atoms with E-state index < -0.39 is 50.0 Å². The number of nitrogens with one attached hydrogen (secondary N) is 1. The lowest BCUT2D eigenvalue weighted by atomic mass is 10.0. The van der Waals surface area contributed by atoms with Crippen LogP contribution in [0.15, 0.2) is 41.6 Å². The Morgan fingerprint density at radius 2 is 1.75 bits per heavy atom. The van der Waals surface area contributed by atoms with Crippen LogP contribution in [0.3, 0.4) is 0 Å². The molecule has 0 fully saturated rings. The summed E-state index contributed by atoms with van der Waals surface area (Å²) in [6, 6.07) is 1.25. The molecule has 0 aliphatic carbocycles. The Hall–Kier alpha value is -2.65. The molecule has 2 aromatic rings. The third kappa shape index (κ3) is 4.79. The average Bonchev–Trinajstić information content (AvgIpc) is 2.57. The number of halogens is 6. The summed E-state index contributed by atoms with van der Waals surface area (Å²) in [6.45, 7) is 0.967. The zero-order valence-corrected chi connectivity index (χ0v) is 14.7. The number of aromatic nitrogens is 1. The van der Waals surface area contributed by atoms with Crippen molar-refractivity contribution in [2.24, 2.45) is 0 Å². The number of hydrogen-bond donors (Lipinski definition) is 1. The van der Waals surface area contributed by atoms with Gasteiger partial charge in [-0.15, -0.1) is 0 Å². The van der Waals surface area contributed by atoms with Crippen LogP contribution in [0.25, 0.3) is 0 Å². The molecule has 0 spiro atoms. The molecule has 1 heterocycles. The molecule has 1 N–H and O–H groups in total. The lowest BCUT2D eigenvalue weighted by Gasteiger charge is -2.23. The van der Waals surface area contributed by atoms with Gasteiger partial charge in [0.2, 0.25) is 10.0 Å². The number of pyridine rings is 1. The van der Waals surface area contributed by atoms with Gasteiger partial charge in [-0.25, -0.2) is 8.42 Å². The molecule has 0 bridgehead atoms. The van der Waals surface area contributed by atoms with Crippen LogP contribution in [-0.2, 0) is 16.2 Å². The number of nitrogens with zero attached hydrogens (tertiary/aromatic N) is 2. The van der Waals surface area contributed by atoms with Crippen molar-refractivity contribution in [3.05, 3.63) is 58.9 Å². The minimum absolute atomic E-state index is 0.197. The Labute approximate surface area is 155 Å². The lowest BCUT2D eigenvalue weighted by Crippen LogP contribution is -2.38. The third-order valence-electron chi connectivity index (χ3n) is 3.64. The Morgan fingerprint density at radius 3 is 2.25 bits per heavy atom. The molecule has 0 aliphatic rings. The molecule has 0 unspecified atom stereocenters. The first-order chi connectivity index (χ1) is 12.8. The van der Waals surface area contributed by atoms with E-state index in [0.717, 1.165) is 25.4 Å². The minimum atomic E-state index is -5.14. The fourth-order valence-electron chi connectivity index (χ4n) is 2.36. The van der Waals surface area contributed by atoms with Gasteiger partial charge in [0.25, 0.3) is 0 Å². The van der Waals surface area contributed by atoms with Crippen molar-refractivity contribution in [2.75, 3.05) is 0 Å². The van der Waals surface area contributed by atoms with E-state index >= 15 is 0 Å². The van der Waals surface area contributed by atoms with Gasteiger partial charge in [0, 0.05) is 12.4 Å². The van der Waals surface area contributed by atoms with Gasteiger partial charge >= 0.3 is 12.4 Å². The summed E-state index contributed by atoms with van der Waals surface area (Å²) >= 11 is 0. The Bertz CT molecular complexity index is 1030. The van der Waals surface area contributed by atoms with Crippen LogP contribution in [0, 0.1) is 18.3 Å². The number of hydrogen-bond acceptors (Lipinski definition) is 4. The van der Waals surface area contributed by atoms with Gasteiger partial charge in [0.1, 0.15) is 17.0 Å². The van der Waals surface area contributed by atoms with Crippen LogP contribution >= 0.6 is 0 Å². The van der Waals surface area contributed by atoms with Crippen LogP contribution in [-0.4, -0.2) is 19.6 Å². The predicted octanol–water partition coefficient (Wildman–Crippen LogP) is 3.86. The van der Waals surface area contributed by atoms with Crippen LogP contribution in [0.5, 0.6) is 0 Å². The maximum Gasteiger partial charge on any atom is 0.416 e. The molecular formula is C16H11F6N3O2S. The second-order valence-corrected chi connectivity index (χ2v) is 7.40. The van der Waals surface area contributed by atoms with Crippen molar-refractivity contribution in [1.29, 1.82) is 5.26 Å². The molecule has 0 aliphatic heterocycles. The monoisotopic (exact) mass is 423 g/mol. The highest BCUT2D eigenvalue weighted by Gasteiger charge is 2.44. The first kappa shape index (κ1) is 21.6. The number of nitriles is 1. The van der Waals surface area contributed by atoms with E-state index in [0.29, 0.717) is 18.2 Å². The Morgan fingerprint density at radius 1 is 1.11 bits per heavy atom. The summed E-state index contributed by atoms with van der Waals surface area (Å²) < 4.78 is 105. The van der Waals surface area contributed by atoms with Crippen LogP contribution < -0.4 is 4.72 Å². The lowest BCUT2D eigenvalue weighted by molar-refractivity contribution is -0.153. The standard InChI is InChI=1S/C16H11F6N3O2S/c1-9-4-11(2-3-13(9)15(17,18)19)14(16(20,21)22)25-28(26,27)12-5-10(6-23)7-24-8-12/h2-5,7-8,14,25H,1H3/t14-/m1/s1. The van der Waals surface area contributed by atoms with E-state index in [1.54, 1.807) is 6.07 Å². The molecule has 0 amide bonds. The highest BCUT2D eigenvalue weighted by Crippen LogP contribution is 2.37. The SMILES string of the molecule is Cc1cc([C@@H](NS(=O)(=O)c2cncc(C#N)c2)C(F)(F)F)ccc1C(F)(F)F. The summed E-state index contributed by atoms with van der Waals surface area (Å²) in [5.74, 6) is 0. The fourth-order valence-corrected chi connectivity index (χ4v) is 3.56. The fraction of sp³-hybridized carbons (Fsp3) is 0.250. The maximum atomic E-state index is 13.4. The third-order valence-corrected chi connectivity index (χ3v) is 5.03. The summed E-state index contributed by atoms with van der Waals surface area (Å²) in [7, 11) is -4.78. The normalized spacial score (nSPS) is 13.8. The average molecular weight is 423 g/mol. The van der Waals surface area contributed by atoms with Crippen molar-refractivity contribution in [3.8, 4) is 6.07 Å². The van der Waals surface area contributed by atoms with E-state index in [1.807, 2.05) is 0 Å². The maximum absolute atomic E-state index is 13.4. The molecule has 0 saturated heterocycles. The van der Waals surface area contributed by atoms with Gasteiger partial charge < -0.3 is 0 Å². The molecule has 2 rings (SSSR count). The zero-order chi connectivity index (χ0) is 21.3. The van der Waals surface area contributed by atoms with E-state index in [1.165, 1.54) is 4.72 Å². The van der Waals surface area contributed by atoms with Gasteiger partial charge in [-0.2, -0.15) is 36.3 Å². The van der Waals surface area contributed by atoms with Crippen LogP contribution in [0.4, 0.5) is 26.3 Å². The smallest absolute Gasteiger partial charge is 0.262 e. The molecule has 12 heteroatoms. The second kappa shape index (κ2) is 7.40. The van der Waals surface area contributed by atoms with Crippen molar-refractivity contribution < 1.29 is 34.8 Å². The molecule has 0 radical (unpaired) electrons. The van der Waals surface area contributed by atoms with E-state index in [4.69, 9.17) is 5.26 Å². The van der Waals surface area contributed by atoms with Gasteiger partial charge in [0.05, 0.1) is 11.1 Å². The largest absolute Gasteiger partial charge is 0.416 e. The number of sulfonamides is 1. The molecule has 1 atom stereocenters. The minimum Gasteiger partial charge on any atom is -0.262 e. The summed E-state index contributed by atoms with van der Waals surface area (Å²) in [5.41, 5.74) is -2.54. The zero-order valence-electron chi connectivity index (χ0n) is 13.9. The second-order valence-electron chi connectivity index (χ2n) is 5.69. The summed E-state index contributed by atoms with van der Waals surface area (Å²) in [4.78, 5) is 2.78. The van der Waals surface area contributed by atoms with Crippen LogP contribution in [0.1, 0.15) is 28.3 Å². The molecule has 28 heavy (non-hydrogen) atoms. The molecule has 1 aromatic heterocycles. The van der Waals surface area contributed by atoms with E-state index in [2.05, 4.69) is 4.98 Å². The van der Waals surface area contributed by atoms with E-state index in [-0.39, 0.29) is 5.56 Å². The Balaban J connectivity index is 2.48. The number of aryl methyl sites for hydroxylation is 1. The van der Waals surface area contributed by atoms with Gasteiger partial charge in [-0.3, -0.25) is 4.98 Å². The quantitative estimate of drug-likeness (QED) is 0.757. The number of benzene rings is 1. The van der Waals surface area contributed by atoms with Crippen molar-refractivity contribution in [2.45, 2.75) is 30.2 Å². The van der Waals surface area contributed by atoms with Crippen molar-refractivity contribution in [1.82, 2.24) is 9.71 Å². The van der Waals surface area contributed by atoms with E-state index in [9.17, 15) is 34.8 Å². The molecule has 0 saturated carbocycles. The number of rotatable bonds is 4. The molecular weight excluding hydrogens is 412 g/mol. The molecule has 5 nitrogen and oxygen atoms in total. The van der Waals surface area contributed by atoms with Gasteiger partial charge in [-0.05, 0) is 30.2 Å². The topological polar surface area (TPSA) is 82.8 Å². The highest BCUT2D eigenvalue weighted by atomic mass is 32.2. The summed E-state index contributed by atoms with van der Waals surface area (Å²) in [6.07, 6.45) is -8.15.